The maximum Gasteiger partial charge on any atom is 0.229 e. The minimum atomic E-state index is -0.188. The van der Waals surface area contributed by atoms with Gasteiger partial charge < -0.3 is 15.1 Å². The van der Waals surface area contributed by atoms with Crippen molar-refractivity contribution < 1.29 is 4.39 Å². The molecular formula is C21H19FN6. The summed E-state index contributed by atoms with van der Waals surface area (Å²) in [5.74, 6) is 1.14. The van der Waals surface area contributed by atoms with Crippen molar-refractivity contribution in [3.05, 3.63) is 72.2 Å². The highest BCUT2D eigenvalue weighted by atomic mass is 19.1. The second kappa shape index (κ2) is 7.92. The summed E-state index contributed by atoms with van der Waals surface area (Å²) in [6, 6.07) is 18.0. The molecule has 0 radical (unpaired) electrons. The summed E-state index contributed by atoms with van der Waals surface area (Å²) < 4.78 is 14.0. The van der Waals surface area contributed by atoms with Gasteiger partial charge in [-0.05, 0) is 42.5 Å². The number of rotatable bonds is 4. The largest absolute Gasteiger partial charge is 0.366 e. The Kier molecular flexibility index (Phi) is 5.02. The second-order valence-corrected chi connectivity index (χ2v) is 6.48. The van der Waals surface area contributed by atoms with Gasteiger partial charge in [0, 0.05) is 38.1 Å². The molecule has 0 amide bonds. The molecule has 1 saturated heterocycles. The highest BCUT2D eigenvalue weighted by Gasteiger charge is 2.20. The number of piperazine rings is 1. The number of halogens is 1. The van der Waals surface area contributed by atoms with E-state index in [0.717, 1.165) is 37.7 Å². The molecule has 28 heavy (non-hydrogen) atoms. The van der Waals surface area contributed by atoms with Crippen molar-refractivity contribution in [1.82, 2.24) is 9.97 Å². The van der Waals surface area contributed by atoms with Crippen molar-refractivity contribution in [2.45, 2.75) is 0 Å². The van der Waals surface area contributed by atoms with Crippen LogP contribution in [-0.2, 0) is 0 Å². The van der Waals surface area contributed by atoms with Gasteiger partial charge >= 0.3 is 0 Å². The van der Waals surface area contributed by atoms with Gasteiger partial charge in [0.05, 0.1) is 17.3 Å². The molecule has 1 aliphatic rings. The Morgan fingerprint density at radius 1 is 0.929 bits per heavy atom. The van der Waals surface area contributed by atoms with Crippen LogP contribution in [0.1, 0.15) is 5.56 Å². The number of benzene rings is 2. The van der Waals surface area contributed by atoms with Gasteiger partial charge in [-0.3, -0.25) is 0 Å². The van der Waals surface area contributed by atoms with Gasteiger partial charge in [0.15, 0.2) is 0 Å². The monoisotopic (exact) mass is 374 g/mol. The molecule has 0 saturated carbocycles. The van der Waals surface area contributed by atoms with Gasteiger partial charge in [-0.2, -0.15) is 10.2 Å². The summed E-state index contributed by atoms with van der Waals surface area (Å²) in [5, 5.41) is 12.0. The van der Waals surface area contributed by atoms with Gasteiger partial charge in [0.1, 0.15) is 11.6 Å². The van der Waals surface area contributed by atoms with Crippen molar-refractivity contribution in [3.8, 4) is 6.07 Å². The molecule has 2 heterocycles. The third-order valence-electron chi connectivity index (χ3n) is 4.71. The molecule has 1 fully saturated rings. The molecule has 0 unspecified atom stereocenters. The van der Waals surface area contributed by atoms with E-state index in [4.69, 9.17) is 5.26 Å². The van der Waals surface area contributed by atoms with Gasteiger partial charge in [0.25, 0.3) is 0 Å². The first-order valence-corrected chi connectivity index (χ1v) is 9.07. The molecule has 140 valence electrons. The normalized spacial score (nSPS) is 13.9. The number of hydrogen-bond donors (Lipinski definition) is 1. The Hall–Kier alpha value is -3.66. The van der Waals surface area contributed by atoms with E-state index in [1.54, 1.807) is 24.4 Å². The smallest absolute Gasteiger partial charge is 0.229 e. The lowest BCUT2D eigenvalue weighted by Gasteiger charge is -2.36. The topological polar surface area (TPSA) is 68.1 Å². The van der Waals surface area contributed by atoms with Crippen LogP contribution in [0.5, 0.6) is 0 Å². The fourth-order valence-electron chi connectivity index (χ4n) is 3.23. The van der Waals surface area contributed by atoms with Gasteiger partial charge in [-0.25, -0.2) is 9.37 Å². The van der Waals surface area contributed by atoms with E-state index in [0.29, 0.717) is 17.2 Å². The summed E-state index contributed by atoms with van der Waals surface area (Å²) >= 11 is 0. The molecule has 3 aromatic rings. The SMILES string of the molecule is N#Cc1ccc(Nc2nccc(N3CCN(c4ccccc4F)CC3)n2)cc1. The number of para-hydroxylation sites is 1. The number of aromatic nitrogens is 2. The van der Waals surface area contributed by atoms with Crippen LogP contribution >= 0.6 is 0 Å². The number of nitrogens with one attached hydrogen (secondary N) is 1. The lowest BCUT2D eigenvalue weighted by Crippen LogP contribution is -2.47. The predicted molar refractivity (Wildman–Crippen MR) is 107 cm³/mol. The Morgan fingerprint density at radius 3 is 2.36 bits per heavy atom. The third-order valence-corrected chi connectivity index (χ3v) is 4.71. The van der Waals surface area contributed by atoms with Gasteiger partial charge in [0.2, 0.25) is 5.95 Å². The maximum absolute atomic E-state index is 14.0. The average Bonchev–Trinajstić information content (AvgIpc) is 2.75. The van der Waals surface area contributed by atoms with Gasteiger partial charge in [-0.1, -0.05) is 12.1 Å². The number of hydrogen-bond acceptors (Lipinski definition) is 6. The van der Waals surface area contributed by atoms with Crippen LogP contribution in [0.4, 0.5) is 27.5 Å². The fraction of sp³-hybridized carbons (Fsp3) is 0.190. The second-order valence-electron chi connectivity index (χ2n) is 6.48. The van der Waals surface area contributed by atoms with Crippen molar-refractivity contribution in [2.24, 2.45) is 0 Å². The number of nitrogens with zero attached hydrogens (tertiary/aromatic N) is 5. The molecule has 1 aromatic heterocycles. The lowest BCUT2D eigenvalue weighted by molar-refractivity contribution is 0.596. The third kappa shape index (κ3) is 3.86. The summed E-state index contributed by atoms with van der Waals surface area (Å²) in [6.45, 7) is 2.95. The molecule has 7 heteroatoms. The van der Waals surface area contributed by atoms with E-state index in [-0.39, 0.29) is 5.82 Å². The summed E-state index contributed by atoms with van der Waals surface area (Å²) in [4.78, 5) is 13.1. The van der Waals surface area contributed by atoms with Crippen LogP contribution in [0, 0.1) is 17.1 Å². The molecule has 0 atom stereocenters. The predicted octanol–water partition coefficient (Wildman–Crippen LogP) is 3.56. The summed E-state index contributed by atoms with van der Waals surface area (Å²) in [7, 11) is 0. The summed E-state index contributed by atoms with van der Waals surface area (Å²) in [5.41, 5.74) is 2.07. The summed E-state index contributed by atoms with van der Waals surface area (Å²) in [6.07, 6.45) is 1.72. The van der Waals surface area contributed by atoms with Crippen molar-refractivity contribution in [2.75, 3.05) is 41.3 Å². The maximum atomic E-state index is 14.0. The van der Waals surface area contributed by atoms with Gasteiger partial charge in [-0.15, -0.1) is 0 Å². The van der Waals surface area contributed by atoms with E-state index < -0.39 is 0 Å². The number of nitriles is 1. The Labute approximate surface area is 162 Å². The minimum absolute atomic E-state index is 0.188. The first kappa shape index (κ1) is 17.7. The van der Waals surface area contributed by atoms with E-state index in [2.05, 4.69) is 31.2 Å². The van der Waals surface area contributed by atoms with Crippen LogP contribution in [0.25, 0.3) is 0 Å². The minimum Gasteiger partial charge on any atom is -0.366 e. The Morgan fingerprint density at radius 2 is 1.64 bits per heavy atom. The zero-order valence-corrected chi connectivity index (χ0v) is 15.2. The quantitative estimate of drug-likeness (QED) is 0.753. The van der Waals surface area contributed by atoms with Crippen LogP contribution in [0.3, 0.4) is 0 Å². The first-order chi connectivity index (χ1) is 13.7. The highest BCUT2D eigenvalue weighted by Crippen LogP contribution is 2.23. The Balaban J connectivity index is 1.42. The van der Waals surface area contributed by atoms with Crippen molar-refractivity contribution in [3.63, 3.8) is 0 Å². The van der Waals surface area contributed by atoms with Crippen LogP contribution in [0.2, 0.25) is 0 Å². The molecule has 0 bridgehead atoms. The lowest BCUT2D eigenvalue weighted by atomic mass is 10.2. The molecule has 6 nitrogen and oxygen atoms in total. The average molecular weight is 374 g/mol. The Bertz CT molecular complexity index is 990. The van der Waals surface area contributed by atoms with Crippen molar-refractivity contribution in [1.29, 1.82) is 5.26 Å². The van der Waals surface area contributed by atoms with Crippen LogP contribution in [-0.4, -0.2) is 36.1 Å². The zero-order valence-electron chi connectivity index (χ0n) is 15.2. The van der Waals surface area contributed by atoms with Crippen LogP contribution < -0.4 is 15.1 Å². The molecule has 2 aromatic carbocycles. The molecule has 4 rings (SSSR count). The van der Waals surface area contributed by atoms with E-state index >= 15 is 0 Å². The van der Waals surface area contributed by atoms with E-state index in [9.17, 15) is 4.39 Å². The van der Waals surface area contributed by atoms with E-state index in [1.807, 2.05) is 30.3 Å². The first-order valence-electron chi connectivity index (χ1n) is 9.07. The fourth-order valence-corrected chi connectivity index (χ4v) is 3.23. The van der Waals surface area contributed by atoms with Crippen LogP contribution in [0.15, 0.2) is 60.8 Å². The molecule has 0 aliphatic carbocycles. The molecule has 1 N–H and O–H groups in total. The van der Waals surface area contributed by atoms with Crippen molar-refractivity contribution >= 4 is 23.1 Å². The molecule has 1 aliphatic heterocycles. The van der Waals surface area contributed by atoms with E-state index in [1.165, 1.54) is 6.07 Å². The number of anilines is 4. The molecule has 0 spiro atoms. The highest BCUT2D eigenvalue weighted by molar-refractivity contribution is 5.57. The zero-order chi connectivity index (χ0) is 19.3. The standard InChI is InChI=1S/C21H19FN6/c22-18-3-1-2-4-19(18)27-11-13-28(14-12-27)20-9-10-24-21(26-20)25-17-7-5-16(15-23)6-8-17/h1-10H,11-14H2,(H,24,25,26). The molecular weight excluding hydrogens is 355 g/mol.